The van der Waals surface area contributed by atoms with Gasteiger partial charge in [0.1, 0.15) is 11.6 Å². The molecular formula is C57H47N5Pt. The molecule has 0 saturated carbocycles. The van der Waals surface area contributed by atoms with Crippen molar-refractivity contribution >= 4 is 54.6 Å². The molecule has 0 amide bonds. The number of hydrogen-bond acceptors (Lipinski definition) is 2. The molecule has 0 N–H and O–H groups in total. The van der Waals surface area contributed by atoms with Crippen molar-refractivity contribution in [2.75, 3.05) is 0 Å². The van der Waals surface area contributed by atoms with Gasteiger partial charge in [-0.3, -0.25) is 4.57 Å². The van der Waals surface area contributed by atoms with E-state index in [4.69, 9.17) is 15.0 Å². The van der Waals surface area contributed by atoms with Gasteiger partial charge in [-0.05, 0) is 104 Å². The Morgan fingerprint density at radius 1 is 0.587 bits per heavy atom. The van der Waals surface area contributed by atoms with Gasteiger partial charge in [-0.15, -0.1) is 34.8 Å². The Hall–Kier alpha value is -6.55. The van der Waals surface area contributed by atoms with Crippen LogP contribution < -0.4 is 4.98 Å². The molecule has 310 valence electrons. The smallest absolute Gasteiger partial charge is 0.656 e. The predicted octanol–water partition coefficient (Wildman–Crippen LogP) is 14.5. The summed E-state index contributed by atoms with van der Waals surface area (Å²) in [5.41, 5.74) is 15.9. The summed E-state index contributed by atoms with van der Waals surface area (Å²) in [5.74, 6) is 1.71. The van der Waals surface area contributed by atoms with Gasteiger partial charge >= 0.3 is 21.1 Å². The maximum Gasteiger partial charge on any atom is 2.00 e. The summed E-state index contributed by atoms with van der Waals surface area (Å²) in [4.78, 5) is 16.0. The number of pyridine rings is 1. The van der Waals surface area contributed by atoms with E-state index in [0.29, 0.717) is 0 Å². The van der Waals surface area contributed by atoms with Gasteiger partial charge in [0.05, 0.1) is 11.0 Å². The number of benzene rings is 7. The van der Waals surface area contributed by atoms with Gasteiger partial charge in [-0.1, -0.05) is 156 Å². The summed E-state index contributed by atoms with van der Waals surface area (Å²) >= 11 is 0. The molecule has 5 nitrogen and oxygen atoms in total. The average molecular weight is 997 g/mol. The van der Waals surface area contributed by atoms with Crippen molar-refractivity contribution in [1.29, 1.82) is 0 Å². The number of fused-ring (bicyclic) bond motifs is 7. The van der Waals surface area contributed by atoms with E-state index in [1.807, 2.05) is 6.20 Å². The minimum Gasteiger partial charge on any atom is -0.656 e. The molecule has 0 aliphatic heterocycles. The molecule has 0 atom stereocenters. The predicted molar refractivity (Wildman–Crippen MR) is 259 cm³/mol. The molecule has 6 heteroatoms. The van der Waals surface area contributed by atoms with Gasteiger partial charge < -0.3 is 9.55 Å². The number of aromatic nitrogens is 5. The Bertz CT molecular complexity index is 3550. The quantitative estimate of drug-likeness (QED) is 0.161. The van der Waals surface area contributed by atoms with Crippen LogP contribution in [0.3, 0.4) is 0 Å². The van der Waals surface area contributed by atoms with Crippen molar-refractivity contribution in [3.63, 3.8) is 0 Å². The zero-order valence-corrected chi connectivity index (χ0v) is 38.8. The van der Waals surface area contributed by atoms with Crippen LogP contribution in [0.1, 0.15) is 58.2 Å². The van der Waals surface area contributed by atoms with Crippen LogP contribution in [-0.2, 0) is 31.9 Å². The van der Waals surface area contributed by atoms with Crippen molar-refractivity contribution in [3.8, 4) is 45.1 Å². The summed E-state index contributed by atoms with van der Waals surface area (Å²) in [6.07, 6.45) is 1.92. The zero-order chi connectivity index (χ0) is 42.5. The molecular weight excluding hydrogens is 950 g/mol. The standard InChI is InChI=1S/C57H47N5.Pt/c1-35-15-13-18-40(31-35)61-48-22-14-20-41(53(48)60-55(61)45-27-28-46(57(5,6)7)52-44-19-11-12-21-47(44)59-54(45)52)38-23-25-42-43-26-24-39(56(2,3)4)34-50(43)62(49(42)32-38)51-33-37(29-30-58-51)36-16-9-8-10-17-36;/h8-31,33-34H,1-7H3;/q-2;+2. The Balaban J connectivity index is 0.00000471. The van der Waals surface area contributed by atoms with E-state index < -0.39 is 0 Å². The Morgan fingerprint density at radius 3 is 2.16 bits per heavy atom. The summed E-state index contributed by atoms with van der Waals surface area (Å²) in [6.45, 7) is 15.8. The van der Waals surface area contributed by atoms with Gasteiger partial charge in [0.2, 0.25) is 0 Å². The molecule has 7 aromatic carbocycles. The van der Waals surface area contributed by atoms with Crippen LogP contribution in [0.25, 0.3) is 99.8 Å². The largest absolute Gasteiger partial charge is 2.00 e. The van der Waals surface area contributed by atoms with Crippen molar-refractivity contribution in [2.45, 2.75) is 59.3 Å². The van der Waals surface area contributed by atoms with Crippen LogP contribution >= 0.6 is 0 Å². The molecule has 0 bridgehead atoms. The zero-order valence-electron chi connectivity index (χ0n) is 36.6. The van der Waals surface area contributed by atoms with E-state index in [9.17, 15) is 0 Å². The number of nitrogens with zero attached hydrogens (tertiary/aromatic N) is 5. The second-order valence-electron chi connectivity index (χ2n) is 18.8. The Labute approximate surface area is 382 Å². The van der Waals surface area contributed by atoms with Gasteiger partial charge in [0.15, 0.2) is 0 Å². The third-order valence-corrected chi connectivity index (χ3v) is 12.5. The average Bonchev–Trinajstić information content (AvgIpc) is 3.95. The fraction of sp³-hybridized carbons (Fsp3) is 0.158. The normalized spacial score (nSPS) is 12.2. The number of rotatable bonds is 5. The van der Waals surface area contributed by atoms with E-state index in [-0.39, 0.29) is 31.9 Å². The van der Waals surface area contributed by atoms with Crippen molar-refractivity contribution < 1.29 is 21.1 Å². The molecule has 11 rings (SSSR count). The van der Waals surface area contributed by atoms with Crippen LogP contribution in [0.15, 0.2) is 158 Å². The second kappa shape index (κ2) is 15.1. The van der Waals surface area contributed by atoms with E-state index in [1.165, 1.54) is 32.8 Å². The molecule has 0 aliphatic rings. The van der Waals surface area contributed by atoms with E-state index in [2.05, 4.69) is 215 Å². The summed E-state index contributed by atoms with van der Waals surface area (Å²) in [5, 5.41) is 4.67. The molecule has 4 heterocycles. The van der Waals surface area contributed by atoms with Gasteiger partial charge in [0, 0.05) is 23.0 Å². The Morgan fingerprint density at radius 2 is 1.37 bits per heavy atom. The molecule has 0 spiro atoms. The summed E-state index contributed by atoms with van der Waals surface area (Å²) < 4.78 is 4.62. The van der Waals surface area contributed by atoms with Crippen molar-refractivity contribution in [2.24, 2.45) is 0 Å². The molecule has 11 aromatic rings. The number of hydrogen-bond donors (Lipinski definition) is 0. The van der Waals surface area contributed by atoms with Crippen LogP contribution in [0.5, 0.6) is 0 Å². The number of imidazole rings is 1. The van der Waals surface area contributed by atoms with Crippen LogP contribution in [0, 0.1) is 13.0 Å². The molecule has 63 heavy (non-hydrogen) atoms. The van der Waals surface area contributed by atoms with Crippen LogP contribution in [0.2, 0.25) is 0 Å². The second-order valence-corrected chi connectivity index (χ2v) is 18.8. The first-order valence-electron chi connectivity index (χ1n) is 21.5. The first-order chi connectivity index (χ1) is 29.9. The fourth-order valence-electron chi connectivity index (χ4n) is 9.37. The summed E-state index contributed by atoms with van der Waals surface area (Å²) in [7, 11) is 0. The topological polar surface area (TPSA) is 49.7 Å². The third kappa shape index (κ3) is 6.73. The van der Waals surface area contributed by atoms with Gasteiger partial charge in [-0.2, -0.15) is 0 Å². The van der Waals surface area contributed by atoms with Crippen molar-refractivity contribution in [3.05, 3.63) is 181 Å². The minimum absolute atomic E-state index is 0. The molecule has 0 aliphatic carbocycles. The molecule has 0 radical (unpaired) electrons. The minimum atomic E-state index is -0.0803. The third-order valence-electron chi connectivity index (χ3n) is 12.5. The van der Waals surface area contributed by atoms with Crippen molar-refractivity contribution in [1.82, 2.24) is 24.1 Å². The van der Waals surface area contributed by atoms with Crippen LogP contribution in [-0.4, -0.2) is 19.1 Å². The van der Waals surface area contributed by atoms with Gasteiger partial charge in [-0.25, -0.2) is 9.97 Å². The van der Waals surface area contributed by atoms with Gasteiger partial charge in [0.25, 0.3) is 0 Å². The maximum absolute atomic E-state index is 5.65. The van der Waals surface area contributed by atoms with E-state index >= 15 is 0 Å². The molecule has 0 unspecified atom stereocenters. The molecule has 0 fully saturated rings. The fourth-order valence-corrected chi connectivity index (χ4v) is 9.37. The van der Waals surface area contributed by atoms with E-state index in [1.54, 1.807) is 0 Å². The SMILES string of the molecule is Cc1cccc(-n2c(-c3ccc(C(C)(C)C)c4c3[n-]c3ccccc34)nc3c(-c4[c-]c5c(cc4)c4ccc(C(C)(C)C)cc4n5-c4cc(-c5ccccc5)ccn4)cccc32)c1.[Pt+2]. The monoisotopic (exact) mass is 996 g/mol. The molecule has 0 saturated heterocycles. The first kappa shape index (κ1) is 40.5. The maximum atomic E-state index is 5.65. The molecule has 4 aromatic heterocycles. The Kier molecular flexibility index (Phi) is 9.69. The van der Waals surface area contributed by atoms with Crippen LogP contribution in [0.4, 0.5) is 0 Å². The summed E-state index contributed by atoms with van der Waals surface area (Å²) in [6, 6.07) is 58.4. The number of para-hydroxylation sites is 2. The number of aryl methyl sites for hydroxylation is 1. The van der Waals surface area contributed by atoms with E-state index in [0.717, 1.165) is 83.6 Å². The first-order valence-corrected chi connectivity index (χ1v) is 21.5.